The van der Waals surface area contributed by atoms with Gasteiger partial charge in [-0.05, 0) is 31.7 Å². The maximum Gasteiger partial charge on any atom is 0.265 e. The largest absolute Gasteiger partial charge is 0.481 e. The third-order valence-corrected chi connectivity index (χ3v) is 4.98. The van der Waals surface area contributed by atoms with Gasteiger partial charge in [0.25, 0.3) is 5.91 Å². The minimum atomic E-state index is -0.679. The van der Waals surface area contributed by atoms with Crippen LogP contribution in [0.4, 0.5) is 15.8 Å². The molecule has 0 saturated carbocycles. The van der Waals surface area contributed by atoms with Gasteiger partial charge in [0.15, 0.2) is 12.4 Å². The number of nitrogens with zero attached hydrogens (tertiary/aromatic N) is 1. The molecule has 7 nitrogen and oxygen atoms in total. The lowest BCUT2D eigenvalue weighted by molar-refractivity contribution is -0.121. The number of hydrogen-bond donors (Lipinski definition) is 2. The first-order valence-electron chi connectivity index (χ1n) is 9.37. The van der Waals surface area contributed by atoms with Crippen LogP contribution in [0, 0.1) is 18.2 Å². The zero-order chi connectivity index (χ0) is 21.0. The maximum atomic E-state index is 14.5. The Labute approximate surface area is 168 Å². The van der Waals surface area contributed by atoms with Crippen molar-refractivity contribution in [2.24, 2.45) is 5.73 Å². The third kappa shape index (κ3) is 4.74. The summed E-state index contributed by atoms with van der Waals surface area (Å²) in [5.41, 5.74) is 7.30. The Morgan fingerprint density at radius 3 is 2.59 bits per heavy atom. The topological polar surface area (TPSA) is 102 Å². The summed E-state index contributed by atoms with van der Waals surface area (Å²) in [7, 11) is 0. The number of ether oxygens (including phenoxy) is 1. The van der Waals surface area contributed by atoms with E-state index in [9.17, 15) is 18.8 Å². The van der Waals surface area contributed by atoms with E-state index in [2.05, 4.69) is 11.2 Å². The van der Waals surface area contributed by atoms with E-state index in [1.807, 2.05) is 0 Å². The van der Waals surface area contributed by atoms with E-state index in [-0.39, 0.29) is 43.3 Å². The summed E-state index contributed by atoms with van der Waals surface area (Å²) in [4.78, 5) is 37.1. The summed E-state index contributed by atoms with van der Waals surface area (Å²) in [5.74, 6) is 0.709. The molecule has 0 spiro atoms. The van der Waals surface area contributed by atoms with Crippen LogP contribution in [0.5, 0.6) is 5.75 Å². The normalized spacial score (nSPS) is 16.0. The average molecular weight is 399 g/mol. The molecule has 152 valence electrons. The van der Waals surface area contributed by atoms with Crippen LogP contribution in [0.25, 0.3) is 0 Å². The van der Waals surface area contributed by atoms with Crippen molar-refractivity contribution >= 4 is 29.1 Å². The number of rotatable bonds is 6. The first-order chi connectivity index (χ1) is 13.9. The molecule has 0 atom stereocenters. The summed E-state index contributed by atoms with van der Waals surface area (Å²) in [6.07, 6.45) is 8.83. The first kappa shape index (κ1) is 20.4. The Kier molecular flexibility index (Phi) is 6.17. The number of benzene rings is 1. The molecule has 3 N–H and O–H groups in total. The molecule has 0 aromatic heterocycles. The average Bonchev–Trinajstić information content (AvgIpc) is 2.66. The van der Waals surface area contributed by atoms with Gasteiger partial charge in [0.2, 0.25) is 11.8 Å². The number of primary amides is 1. The molecule has 3 rings (SSSR count). The van der Waals surface area contributed by atoms with Gasteiger partial charge >= 0.3 is 0 Å². The molecule has 0 bridgehead atoms. The quantitative estimate of drug-likeness (QED) is 0.566. The van der Waals surface area contributed by atoms with E-state index in [1.165, 1.54) is 11.0 Å². The van der Waals surface area contributed by atoms with Crippen LogP contribution < -0.4 is 20.7 Å². The number of halogens is 1. The van der Waals surface area contributed by atoms with Crippen molar-refractivity contribution in [3.63, 3.8) is 0 Å². The second-order valence-corrected chi connectivity index (χ2v) is 7.05. The fourth-order valence-electron chi connectivity index (χ4n) is 3.64. The number of hydrogen-bond acceptors (Lipinski definition) is 4. The highest BCUT2D eigenvalue weighted by Crippen LogP contribution is 2.36. The standard InChI is InChI=1S/C21H22FN3O4/c1-2-7-25-17-11-16(15(22)10-18(17)29-12-21(25)28)24-20(27)9-14-6-4-3-5-13(14)8-19(23)26/h1,10-11H,3-9,12H2,(H2,23,26)(H,24,27). The number of terminal acetylenes is 1. The monoisotopic (exact) mass is 399 g/mol. The van der Waals surface area contributed by atoms with Gasteiger partial charge in [-0.3, -0.25) is 19.3 Å². The second-order valence-electron chi connectivity index (χ2n) is 7.05. The van der Waals surface area contributed by atoms with E-state index in [1.54, 1.807) is 0 Å². The van der Waals surface area contributed by atoms with E-state index in [0.29, 0.717) is 12.1 Å². The molecular weight excluding hydrogens is 377 g/mol. The highest BCUT2D eigenvalue weighted by molar-refractivity contribution is 6.00. The Morgan fingerprint density at radius 1 is 1.24 bits per heavy atom. The fraction of sp³-hybridized carbons (Fsp3) is 0.381. The molecule has 0 unspecified atom stereocenters. The zero-order valence-electron chi connectivity index (χ0n) is 15.9. The molecule has 3 amide bonds. The van der Waals surface area contributed by atoms with Gasteiger partial charge < -0.3 is 15.8 Å². The molecule has 8 heteroatoms. The van der Waals surface area contributed by atoms with Crippen LogP contribution >= 0.6 is 0 Å². The summed E-state index contributed by atoms with van der Waals surface area (Å²) >= 11 is 0. The predicted molar refractivity (Wildman–Crippen MR) is 106 cm³/mol. The van der Waals surface area contributed by atoms with Crippen LogP contribution in [0.2, 0.25) is 0 Å². The van der Waals surface area contributed by atoms with E-state index < -0.39 is 17.6 Å². The molecule has 1 aliphatic heterocycles. The number of carbonyl (C=O) groups excluding carboxylic acids is 3. The molecule has 0 radical (unpaired) electrons. The van der Waals surface area contributed by atoms with Gasteiger partial charge in [-0.15, -0.1) is 6.42 Å². The van der Waals surface area contributed by atoms with Crippen molar-refractivity contribution in [3.05, 3.63) is 29.1 Å². The van der Waals surface area contributed by atoms with Gasteiger partial charge in [-0.25, -0.2) is 4.39 Å². The third-order valence-electron chi connectivity index (χ3n) is 4.98. The Hall–Kier alpha value is -3.34. The molecule has 0 fully saturated rings. The van der Waals surface area contributed by atoms with Crippen molar-refractivity contribution in [1.82, 2.24) is 0 Å². The lowest BCUT2D eigenvalue weighted by atomic mass is 9.88. The molecule has 29 heavy (non-hydrogen) atoms. The van der Waals surface area contributed by atoms with E-state index in [0.717, 1.165) is 36.5 Å². The molecule has 1 heterocycles. The first-order valence-corrected chi connectivity index (χ1v) is 9.37. The fourth-order valence-corrected chi connectivity index (χ4v) is 3.64. The van der Waals surface area contributed by atoms with Gasteiger partial charge in [-0.1, -0.05) is 17.1 Å². The second kappa shape index (κ2) is 8.78. The SMILES string of the molecule is C#CCN1C(=O)COc2cc(F)c(NC(=O)CC3=C(CC(N)=O)CCCC3)cc21. The molecule has 1 aromatic rings. The van der Waals surface area contributed by atoms with E-state index >= 15 is 0 Å². The van der Waals surface area contributed by atoms with Crippen LogP contribution in [0.3, 0.4) is 0 Å². The molecule has 0 saturated heterocycles. The summed E-state index contributed by atoms with van der Waals surface area (Å²) < 4.78 is 19.7. The number of amides is 3. The maximum absolute atomic E-state index is 14.5. The number of nitrogens with one attached hydrogen (secondary N) is 1. The van der Waals surface area contributed by atoms with Crippen molar-refractivity contribution in [2.45, 2.75) is 38.5 Å². The van der Waals surface area contributed by atoms with Crippen molar-refractivity contribution in [2.75, 3.05) is 23.4 Å². The van der Waals surface area contributed by atoms with Crippen molar-refractivity contribution < 1.29 is 23.5 Å². The molecule has 1 aromatic carbocycles. The molecule has 1 aliphatic carbocycles. The highest BCUT2D eigenvalue weighted by Gasteiger charge is 2.27. The van der Waals surface area contributed by atoms with Crippen molar-refractivity contribution in [1.29, 1.82) is 0 Å². The minimum Gasteiger partial charge on any atom is -0.481 e. The predicted octanol–water partition coefficient (Wildman–Crippen LogP) is 2.26. The number of nitrogens with two attached hydrogens (primary N) is 1. The molecular formula is C21H22FN3O4. The van der Waals surface area contributed by atoms with Gasteiger partial charge in [0.1, 0.15) is 5.75 Å². The van der Waals surface area contributed by atoms with Crippen LogP contribution in [0.15, 0.2) is 23.3 Å². The molecule has 2 aliphatic rings. The van der Waals surface area contributed by atoms with Crippen LogP contribution in [-0.2, 0) is 14.4 Å². The number of anilines is 2. The van der Waals surface area contributed by atoms with Crippen molar-refractivity contribution in [3.8, 4) is 18.1 Å². The summed E-state index contributed by atoms with van der Waals surface area (Å²) in [6.45, 7) is -0.214. The lowest BCUT2D eigenvalue weighted by Gasteiger charge is -2.28. The minimum absolute atomic E-state index is 0.0115. The van der Waals surface area contributed by atoms with E-state index in [4.69, 9.17) is 16.9 Å². The van der Waals surface area contributed by atoms with Crippen LogP contribution in [0.1, 0.15) is 38.5 Å². The van der Waals surface area contributed by atoms with Crippen LogP contribution in [-0.4, -0.2) is 30.9 Å². The Morgan fingerprint density at radius 2 is 1.93 bits per heavy atom. The number of carbonyl (C=O) groups is 3. The summed E-state index contributed by atoms with van der Waals surface area (Å²) in [5, 5.41) is 2.55. The smallest absolute Gasteiger partial charge is 0.265 e. The lowest BCUT2D eigenvalue weighted by Crippen LogP contribution is -2.39. The highest BCUT2D eigenvalue weighted by atomic mass is 19.1. The van der Waals surface area contributed by atoms with Gasteiger partial charge in [0, 0.05) is 18.9 Å². The Bertz CT molecular complexity index is 933. The number of fused-ring (bicyclic) bond motifs is 1. The van der Waals surface area contributed by atoms with Gasteiger partial charge in [-0.2, -0.15) is 0 Å². The zero-order valence-corrected chi connectivity index (χ0v) is 15.9. The Balaban J connectivity index is 1.80. The summed E-state index contributed by atoms with van der Waals surface area (Å²) in [6, 6.07) is 2.47. The van der Waals surface area contributed by atoms with Gasteiger partial charge in [0.05, 0.1) is 17.9 Å².